The topological polar surface area (TPSA) is 93.1 Å². The summed E-state index contributed by atoms with van der Waals surface area (Å²) in [6.07, 6.45) is 0.826. The monoisotopic (exact) mass is 302 g/mol. The van der Waals surface area contributed by atoms with Crippen LogP contribution in [0.15, 0.2) is 29.1 Å². The molecule has 0 unspecified atom stereocenters. The lowest BCUT2D eigenvalue weighted by molar-refractivity contribution is -0.120. The number of aryl methyl sites for hydroxylation is 1. The molecule has 2 aromatic rings. The maximum absolute atomic E-state index is 12.2. The molecule has 0 fully saturated rings. The Balaban J connectivity index is 2.24. The Hall–Kier alpha value is -2.70. The molecule has 0 saturated carbocycles. The molecular weight excluding hydrogens is 284 g/mol. The molecule has 2 rings (SSSR count). The number of carbonyl (C=O) groups excluding carboxylic acids is 2. The van der Waals surface area contributed by atoms with Crippen molar-refractivity contribution in [3.8, 4) is 0 Å². The SMILES string of the molecule is CCCNC(=O)CNC(=O)c1nn(C)c(=O)c2ccccc12. The second-order valence-corrected chi connectivity index (χ2v) is 4.86. The number of amides is 2. The van der Waals surface area contributed by atoms with Crippen molar-refractivity contribution in [1.29, 1.82) is 0 Å². The molecule has 2 N–H and O–H groups in total. The molecule has 0 atom stereocenters. The molecule has 0 saturated heterocycles. The Morgan fingerprint density at radius 3 is 2.55 bits per heavy atom. The van der Waals surface area contributed by atoms with E-state index in [0.29, 0.717) is 17.3 Å². The number of carbonyl (C=O) groups is 2. The molecular formula is C15H18N4O3. The number of aromatic nitrogens is 2. The first-order valence-corrected chi connectivity index (χ1v) is 7.05. The van der Waals surface area contributed by atoms with Crippen LogP contribution in [-0.4, -0.2) is 34.7 Å². The normalized spacial score (nSPS) is 10.5. The smallest absolute Gasteiger partial charge is 0.274 e. The van der Waals surface area contributed by atoms with Crippen LogP contribution in [0.4, 0.5) is 0 Å². The Kier molecular flexibility index (Phi) is 4.88. The zero-order chi connectivity index (χ0) is 16.1. The highest BCUT2D eigenvalue weighted by Crippen LogP contribution is 2.12. The lowest BCUT2D eigenvalue weighted by atomic mass is 10.1. The van der Waals surface area contributed by atoms with Crippen molar-refractivity contribution in [3.63, 3.8) is 0 Å². The molecule has 22 heavy (non-hydrogen) atoms. The molecule has 0 spiro atoms. The maximum atomic E-state index is 12.2. The van der Waals surface area contributed by atoms with Crippen LogP contribution in [0.3, 0.4) is 0 Å². The fourth-order valence-corrected chi connectivity index (χ4v) is 2.04. The highest BCUT2D eigenvalue weighted by molar-refractivity contribution is 6.05. The van der Waals surface area contributed by atoms with E-state index < -0.39 is 5.91 Å². The summed E-state index contributed by atoms with van der Waals surface area (Å²) in [5.41, 5.74) is -0.145. The number of nitrogens with zero attached hydrogens (tertiary/aromatic N) is 2. The van der Waals surface area contributed by atoms with Gasteiger partial charge in [-0.1, -0.05) is 25.1 Å². The van der Waals surface area contributed by atoms with Gasteiger partial charge in [0.1, 0.15) is 0 Å². The van der Waals surface area contributed by atoms with E-state index in [1.807, 2.05) is 6.92 Å². The van der Waals surface area contributed by atoms with Crippen LogP contribution < -0.4 is 16.2 Å². The van der Waals surface area contributed by atoms with Gasteiger partial charge < -0.3 is 10.6 Å². The van der Waals surface area contributed by atoms with Crippen molar-refractivity contribution in [2.24, 2.45) is 7.05 Å². The molecule has 7 nitrogen and oxygen atoms in total. The van der Waals surface area contributed by atoms with Gasteiger partial charge in [-0.2, -0.15) is 5.10 Å². The largest absolute Gasteiger partial charge is 0.355 e. The standard InChI is InChI=1S/C15H18N4O3/c1-3-8-16-12(20)9-17-14(21)13-10-6-4-5-7-11(10)15(22)19(2)18-13/h4-7H,3,8-9H2,1-2H3,(H,16,20)(H,17,21). The van der Waals surface area contributed by atoms with Gasteiger partial charge in [0.25, 0.3) is 11.5 Å². The van der Waals surface area contributed by atoms with Crippen molar-refractivity contribution >= 4 is 22.6 Å². The van der Waals surface area contributed by atoms with Crippen LogP contribution in [0.1, 0.15) is 23.8 Å². The number of nitrogens with one attached hydrogen (secondary N) is 2. The van der Waals surface area contributed by atoms with Crippen molar-refractivity contribution < 1.29 is 9.59 Å². The van der Waals surface area contributed by atoms with Crippen LogP contribution in [0.2, 0.25) is 0 Å². The van der Waals surface area contributed by atoms with E-state index in [2.05, 4.69) is 15.7 Å². The fourth-order valence-electron chi connectivity index (χ4n) is 2.04. The van der Waals surface area contributed by atoms with Gasteiger partial charge >= 0.3 is 0 Å². The number of benzene rings is 1. The molecule has 2 amide bonds. The number of hydrogen-bond donors (Lipinski definition) is 2. The van der Waals surface area contributed by atoms with Crippen molar-refractivity contribution in [2.75, 3.05) is 13.1 Å². The summed E-state index contributed by atoms with van der Waals surface area (Å²) in [4.78, 5) is 35.7. The predicted molar refractivity (Wildman–Crippen MR) is 82.6 cm³/mol. The van der Waals surface area contributed by atoms with E-state index in [9.17, 15) is 14.4 Å². The number of fused-ring (bicyclic) bond motifs is 1. The van der Waals surface area contributed by atoms with Gasteiger partial charge in [-0.3, -0.25) is 14.4 Å². The quantitative estimate of drug-likeness (QED) is 0.824. The minimum absolute atomic E-state index is 0.126. The molecule has 1 heterocycles. The zero-order valence-electron chi connectivity index (χ0n) is 12.5. The van der Waals surface area contributed by atoms with Gasteiger partial charge in [-0.25, -0.2) is 4.68 Å². The van der Waals surface area contributed by atoms with Crippen LogP contribution in [0.5, 0.6) is 0 Å². The van der Waals surface area contributed by atoms with Crippen LogP contribution >= 0.6 is 0 Å². The Bertz CT molecular complexity index is 767. The third kappa shape index (κ3) is 3.30. The lowest BCUT2D eigenvalue weighted by Gasteiger charge is -2.09. The van der Waals surface area contributed by atoms with E-state index in [1.165, 1.54) is 7.05 Å². The maximum Gasteiger partial charge on any atom is 0.274 e. The molecule has 7 heteroatoms. The summed E-state index contributed by atoms with van der Waals surface area (Å²) in [6, 6.07) is 6.76. The summed E-state index contributed by atoms with van der Waals surface area (Å²) in [7, 11) is 1.49. The van der Waals surface area contributed by atoms with Crippen LogP contribution in [0, 0.1) is 0 Å². The van der Waals surface area contributed by atoms with E-state index in [0.717, 1.165) is 11.1 Å². The third-order valence-corrected chi connectivity index (χ3v) is 3.15. The van der Waals surface area contributed by atoms with E-state index in [-0.39, 0.29) is 23.7 Å². The summed E-state index contributed by atoms with van der Waals surface area (Å²) >= 11 is 0. The summed E-state index contributed by atoms with van der Waals surface area (Å²) in [5.74, 6) is -0.747. The van der Waals surface area contributed by atoms with Crippen molar-refractivity contribution in [1.82, 2.24) is 20.4 Å². The first-order valence-electron chi connectivity index (χ1n) is 7.05. The number of hydrogen-bond acceptors (Lipinski definition) is 4. The van der Waals surface area contributed by atoms with Gasteiger partial charge in [-0.15, -0.1) is 0 Å². The Morgan fingerprint density at radius 1 is 1.18 bits per heavy atom. The molecule has 0 aliphatic heterocycles. The van der Waals surface area contributed by atoms with Crippen LogP contribution in [-0.2, 0) is 11.8 Å². The Labute approximate surface area is 127 Å². The van der Waals surface area contributed by atoms with Gasteiger partial charge in [0.2, 0.25) is 5.91 Å². The fraction of sp³-hybridized carbons (Fsp3) is 0.333. The first kappa shape index (κ1) is 15.7. The first-order chi connectivity index (χ1) is 10.5. The summed E-state index contributed by atoms with van der Waals surface area (Å²) in [5, 5.41) is 10.1. The highest BCUT2D eigenvalue weighted by atomic mass is 16.2. The molecule has 0 aliphatic carbocycles. The Morgan fingerprint density at radius 2 is 1.86 bits per heavy atom. The molecule has 116 valence electrons. The lowest BCUT2D eigenvalue weighted by Crippen LogP contribution is -2.38. The minimum Gasteiger partial charge on any atom is -0.355 e. The molecule has 0 bridgehead atoms. The van der Waals surface area contributed by atoms with Gasteiger partial charge in [0.05, 0.1) is 11.9 Å². The van der Waals surface area contributed by atoms with E-state index in [4.69, 9.17) is 0 Å². The molecule has 0 radical (unpaired) electrons. The second kappa shape index (κ2) is 6.84. The van der Waals surface area contributed by atoms with Gasteiger partial charge in [-0.05, 0) is 12.5 Å². The van der Waals surface area contributed by atoms with Gasteiger partial charge in [0, 0.05) is 19.0 Å². The van der Waals surface area contributed by atoms with Crippen molar-refractivity contribution in [2.45, 2.75) is 13.3 Å². The highest BCUT2D eigenvalue weighted by Gasteiger charge is 2.15. The average molecular weight is 302 g/mol. The molecule has 0 aliphatic rings. The van der Waals surface area contributed by atoms with Gasteiger partial charge in [0.15, 0.2) is 5.69 Å². The minimum atomic E-state index is -0.488. The summed E-state index contributed by atoms with van der Waals surface area (Å²) in [6.45, 7) is 2.38. The predicted octanol–water partition coefficient (Wildman–Crippen LogP) is 0.190. The van der Waals surface area contributed by atoms with E-state index in [1.54, 1.807) is 24.3 Å². The van der Waals surface area contributed by atoms with Crippen LogP contribution in [0.25, 0.3) is 10.8 Å². The summed E-state index contributed by atoms with van der Waals surface area (Å²) < 4.78 is 1.12. The number of rotatable bonds is 5. The zero-order valence-corrected chi connectivity index (χ0v) is 12.5. The molecule has 1 aromatic heterocycles. The molecule has 1 aromatic carbocycles. The third-order valence-electron chi connectivity index (χ3n) is 3.15. The van der Waals surface area contributed by atoms with E-state index >= 15 is 0 Å². The second-order valence-electron chi connectivity index (χ2n) is 4.86. The van der Waals surface area contributed by atoms with Crippen molar-refractivity contribution in [3.05, 3.63) is 40.3 Å². The average Bonchev–Trinajstić information content (AvgIpc) is 2.54.